The summed E-state index contributed by atoms with van der Waals surface area (Å²) in [6, 6.07) is 5.19. The van der Waals surface area contributed by atoms with Crippen LogP contribution in [0.4, 0.5) is 0 Å². The topological polar surface area (TPSA) is 114 Å². The van der Waals surface area contributed by atoms with E-state index in [1.54, 1.807) is 18.2 Å². The molecule has 1 fully saturated rings. The molecule has 10 heteroatoms. The molecule has 30 heavy (non-hydrogen) atoms. The number of sulfonamides is 1. The third kappa shape index (κ3) is 6.48. The van der Waals surface area contributed by atoms with E-state index in [1.165, 1.54) is 18.5 Å². The van der Waals surface area contributed by atoms with Crippen molar-refractivity contribution in [1.82, 2.24) is 9.62 Å². The van der Waals surface area contributed by atoms with Gasteiger partial charge in [-0.1, -0.05) is 13.0 Å². The number of benzene rings is 1. The van der Waals surface area contributed by atoms with Crippen LogP contribution in [0.1, 0.15) is 26.2 Å². The zero-order valence-corrected chi connectivity index (χ0v) is 18.6. The van der Waals surface area contributed by atoms with Gasteiger partial charge >= 0.3 is 0 Å². The molecular weight excluding hydrogens is 412 g/mol. The van der Waals surface area contributed by atoms with E-state index in [0.717, 1.165) is 0 Å². The van der Waals surface area contributed by atoms with Crippen molar-refractivity contribution < 1.29 is 32.5 Å². The lowest BCUT2D eigenvalue weighted by atomic mass is 9.99. The SMILES string of the molecule is CCCS(=O)(=O)N1CCCC(C(=O)NCC(O)COc2c(OC)cccc2OC)C1. The minimum absolute atomic E-state index is 0.00545. The lowest BCUT2D eigenvalue weighted by molar-refractivity contribution is -0.126. The fourth-order valence-electron chi connectivity index (χ4n) is 3.36. The monoisotopic (exact) mass is 444 g/mol. The first kappa shape index (κ1) is 24.2. The zero-order valence-electron chi connectivity index (χ0n) is 17.8. The van der Waals surface area contributed by atoms with E-state index in [9.17, 15) is 18.3 Å². The Hall–Kier alpha value is -2.04. The van der Waals surface area contributed by atoms with Crippen molar-refractivity contribution in [3.05, 3.63) is 18.2 Å². The molecule has 0 saturated carbocycles. The van der Waals surface area contributed by atoms with Gasteiger partial charge in [0.1, 0.15) is 12.7 Å². The maximum Gasteiger partial charge on any atom is 0.224 e. The van der Waals surface area contributed by atoms with E-state index in [0.29, 0.717) is 43.1 Å². The average Bonchev–Trinajstić information content (AvgIpc) is 2.75. The maximum absolute atomic E-state index is 12.5. The Morgan fingerprint density at radius 1 is 1.30 bits per heavy atom. The van der Waals surface area contributed by atoms with Crippen LogP contribution >= 0.6 is 0 Å². The van der Waals surface area contributed by atoms with Crippen molar-refractivity contribution >= 4 is 15.9 Å². The summed E-state index contributed by atoms with van der Waals surface area (Å²) in [5.41, 5.74) is 0. The van der Waals surface area contributed by atoms with Gasteiger partial charge in [-0.15, -0.1) is 0 Å². The molecule has 1 aliphatic rings. The van der Waals surface area contributed by atoms with Crippen molar-refractivity contribution in [2.45, 2.75) is 32.3 Å². The van der Waals surface area contributed by atoms with Crippen LogP contribution in [0.3, 0.4) is 0 Å². The van der Waals surface area contributed by atoms with Crippen LogP contribution in [0.5, 0.6) is 17.2 Å². The molecule has 0 radical (unpaired) electrons. The van der Waals surface area contributed by atoms with Crippen molar-refractivity contribution in [2.24, 2.45) is 5.92 Å². The van der Waals surface area contributed by atoms with Gasteiger partial charge < -0.3 is 24.6 Å². The van der Waals surface area contributed by atoms with E-state index in [2.05, 4.69) is 5.32 Å². The number of piperidine rings is 1. The quantitative estimate of drug-likeness (QED) is 0.524. The molecule has 9 nitrogen and oxygen atoms in total. The molecule has 1 aromatic carbocycles. The summed E-state index contributed by atoms with van der Waals surface area (Å²) < 4.78 is 42.0. The smallest absolute Gasteiger partial charge is 0.224 e. The number of ether oxygens (including phenoxy) is 3. The average molecular weight is 445 g/mol. The highest BCUT2D eigenvalue weighted by Gasteiger charge is 2.31. The van der Waals surface area contributed by atoms with Crippen molar-refractivity contribution in [3.63, 3.8) is 0 Å². The van der Waals surface area contributed by atoms with Gasteiger partial charge in [0.25, 0.3) is 0 Å². The van der Waals surface area contributed by atoms with Crippen molar-refractivity contribution in [3.8, 4) is 17.2 Å². The number of carbonyl (C=O) groups is 1. The van der Waals surface area contributed by atoms with Crippen molar-refractivity contribution in [1.29, 1.82) is 0 Å². The van der Waals surface area contributed by atoms with Gasteiger partial charge in [-0.05, 0) is 31.4 Å². The summed E-state index contributed by atoms with van der Waals surface area (Å²) in [6.45, 7) is 2.37. The van der Waals surface area contributed by atoms with E-state index in [1.807, 2.05) is 6.92 Å². The Kier molecular flexibility index (Phi) is 9.19. The molecule has 2 unspecified atom stereocenters. The second kappa shape index (κ2) is 11.4. The Morgan fingerprint density at radius 3 is 2.57 bits per heavy atom. The fraction of sp³-hybridized carbons (Fsp3) is 0.650. The molecular formula is C20H32N2O7S. The van der Waals surface area contributed by atoms with E-state index < -0.39 is 22.0 Å². The van der Waals surface area contributed by atoms with Gasteiger partial charge in [0.2, 0.25) is 21.7 Å². The number of aliphatic hydroxyl groups is 1. The summed E-state index contributed by atoms with van der Waals surface area (Å²) in [6.07, 6.45) is 0.848. The Balaban J connectivity index is 1.85. The third-order valence-corrected chi connectivity index (χ3v) is 6.97. The van der Waals surface area contributed by atoms with Crippen LogP contribution in [0, 0.1) is 5.92 Å². The number of carbonyl (C=O) groups excluding carboxylic acids is 1. The van der Waals surface area contributed by atoms with Crippen molar-refractivity contribution in [2.75, 3.05) is 46.2 Å². The number of amides is 1. The first-order valence-electron chi connectivity index (χ1n) is 10.1. The second-order valence-electron chi connectivity index (χ2n) is 7.21. The molecule has 0 aliphatic carbocycles. The molecule has 1 aromatic rings. The Morgan fingerprint density at radius 2 is 1.97 bits per heavy atom. The number of hydrogen-bond acceptors (Lipinski definition) is 7. The number of aliphatic hydroxyl groups excluding tert-OH is 1. The highest BCUT2D eigenvalue weighted by molar-refractivity contribution is 7.89. The van der Waals surface area contributed by atoms with Gasteiger partial charge in [-0.25, -0.2) is 12.7 Å². The summed E-state index contributed by atoms with van der Waals surface area (Å²) in [5.74, 6) is 0.719. The highest BCUT2D eigenvalue weighted by atomic mass is 32.2. The lowest BCUT2D eigenvalue weighted by Gasteiger charge is -2.31. The number of rotatable bonds is 11. The molecule has 1 amide bonds. The number of para-hydroxylation sites is 1. The van der Waals surface area contributed by atoms with Gasteiger partial charge in [-0.2, -0.15) is 0 Å². The van der Waals surface area contributed by atoms with E-state index >= 15 is 0 Å². The van der Waals surface area contributed by atoms with Gasteiger partial charge in [-0.3, -0.25) is 4.79 Å². The number of nitrogens with one attached hydrogen (secondary N) is 1. The van der Waals surface area contributed by atoms with Crippen LogP contribution < -0.4 is 19.5 Å². The summed E-state index contributed by atoms with van der Waals surface area (Å²) in [7, 11) is -0.311. The van der Waals surface area contributed by atoms with Gasteiger partial charge in [0.05, 0.1) is 25.9 Å². The van der Waals surface area contributed by atoms with E-state index in [-0.39, 0.29) is 31.4 Å². The molecule has 170 valence electrons. The van der Waals surface area contributed by atoms with Crippen LogP contribution in [-0.4, -0.2) is 76.1 Å². The van der Waals surface area contributed by atoms with Gasteiger partial charge in [0.15, 0.2) is 11.5 Å². The summed E-state index contributed by atoms with van der Waals surface area (Å²) >= 11 is 0. The largest absolute Gasteiger partial charge is 0.493 e. The second-order valence-corrected chi connectivity index (χ2v) is 9.30. The zero-order chi connectivity index (χ0) is 22.1. The molecule has 0 spiro atoms. The summed E-state index contributed by atoms with van der Waals surface area (Å²) in [4.78, 5) is 12.5. The lowest BCUT2D eigenvalue weighted by Crippen LogP contribution is -2.47. The fourth-order valence-corrected chi connectivity index (χ4v) is 4.95. The molecule has 2 atom stereocenters. The minimum atomic E-state index is -3.32. The van der Waals surface area contributed by atoms with Crippen LogP contribution in [0.25, 0.3) is 0 Å². The van der Waals surface area contributed by atoms with Crippen LogP contribution in [-0.2, 0) is 14.8 Å². The van der Waals surface area contributed by atoms with E-state index in [4.69, 9.17) is 14.2 Å². The Labute approximate surface area is 178 Å². The number of hydrogen-bond donors (Lipinski definition) is 2. The Bertz CT molecular complexity index is 778. The molecule has 0 bridgehead atoms. The minimum Gasteiger partial charge on any atom is -0.493 e. The number of nitrogens with zero attached hydrogens (tertiary/aromatic N) is 1. The highest BCUT2D eigenvalue weighted by Crippen LogP contribution is 2.36. The molecule has 1 heterocycles. The van der Waals surface area contributed by atoms with Crippen LogP contribution in [0.15, 0.2) is 18.2 Å². The predicted molar refractivity (Wildman–Crippen MR) is 112 cm³/mol. The van der Waals surface area contributed by atoms with Gasteiger partial charge in [0, 0.05) is 19.6 Å². The molecule has 0 aromatic heterocycles. The first-order chi connectivity index (χ1) is 14.3. The molecule has 2 N–H and O–H groups in total. The molecule has 1 aliphatic heterocycles. The normalized spacial score (nSPS) is 18.5. The summed E-state index contributed by atoms with van der Waals surface area (Å²) in [5, 5.41) is 12.9. The first-order valence-corrected chi connectivity index (χ1v) is 11.7. The number of methoxy groups -OCH3 is 2. The molecule has 2 rings (SSSR count). The standard InChI is InChI=1S/C20H32N2O7S/c1-4-11-30(25,26)22-10-6-7-15(13-22)20(24)21-12-16(23)14-29-19-17(27-2)8-5-9-18(19)28-3/h5,8-9,15-16,23H,4,6-7,10-14H2,1-3H3,(H,21,24). The third-order valence-electron chi connectivity index (χ3n) is 4.92. The predicted octanol–water partition coefficient (Wildman–Crippen LogP) is 1.01. The van der Waals surface area contributed by atoms with Crippen LogP contribution in [0.2, 0.25) is 0 Å². The maximum atomic E-state index is 12.5. The molecule has 1 saturated heterocycles.